The van der Waals surface area contributed by atoms with Crippen LogP contribution in [0.1, 0.15) is 31.1 Å². The average molecular weight is 318 g/mol. The van der Waals surface area contributed by atoms with Crippen molar-refractivity contribution >= 4 is 29.1 Å². The van der Waals surface area contributed by atoms with E-state index in [0.717, 1.165) is 5.57 Å². The molecule has 0 bridgehead atoms. The summed E-state index contributed by atoms with van der Waals surface area (Å²) in [5.41, 5.74) is 2.02. The summed E-state index contributed by atoms with van der Waals surface area (Å²) in [6, 6.07) is 6.59. The Morgan fingerprint density at radius 1 is 1.23 bits per heavy atom. The van der Waals surface area contributed by atoms with Crippen molar-refractivity contribution in [2.75, 3.05) is 0 Å². The topological polar surface area (TPSA) is 55.7 Å². The second-order valence-electron chi connectivity index (χ2n) is 5.28. The van der Waals surface area contributed by atoms with E-state index in [0.29, 0.717) is 16.3 Å². The quantitative estimate of drug-likeness (QED) is 0.481. The fourth-order valence-electron chi connectivity index (χ4n) is 2.00. The third kappa shape index (κ3) is 3.52. The van der Waals surface area contributed by atoms with E-state index in [1.165, 1.54) is 6.08 Å². The maximum atomic E-state index is 12.0. The molecule has 0 spiro atoms. The van der Waals surface area contributed by atoms with E-state index in [1.807, 2.05) is 13.8 Å². The second kappa shape index (κ2) is 6.71. The number of oxime groups is 1. The minimum Gasteiger partial charge on any atom is -0.312 e. The van der Waals surface area contributed by atoms with Gasteiger partial charge in [0.05, 0.1) is 10.6 Å². The summed E-state index contributed by atoms with van der Waals surface area (Å²) < 4.78 is 0. The molecule has 0 radical (unpaired) electrons. The van der Waals surface area contributed by atoms with Crippen LogP contribution < -0.4 is 0 Å². The Balaban J connectivity index is 2.25. The maximum absolute atomic E-state index is 12.0. The molecule has 0 aliphatic heterocycles. The lowest BCUT2D eigenvalue weighted by atomic mass is 9.90. The van der Waals surface area contributed by atoms with Crippen LogP contribution >= 0.6 is 11.6 Å². The normalized spacial score (nSPS) is 16.6. The summed E-state index contributed by atoms with van der Waals surface area (Å²) in [7, 11) is 0. The molecule has 2 rings (SSSR count). The third-order valence-corrected chi connectivity index (χ3v) is 3.60. The van der Waals surface area contributed by atoms with Gasteiger partial charge in [-0.25, -0.2) is 4.79 Å². The van der Waals surface area contributed by atoms with Crippen LogP contribution in [0.15, 0.2) is 52.7 Å². The molecule has 5 heteroatoms. The smallest absolute Gasteiger partial charge is 0.312 e. The van der Waals surface area contributed by atoms with Gasteiger partial charge in [-0.05, 0) is 48.3 Å². The van der Waals surface area contributed by atoms with E-state index in [1.54, 1.807) is 37.3 Å². The van der Waals surface area contributed by atoms with Crippen molar-refractivity contribution in [3.8, 4) is 0 Å². The molecule has 22 heavy (non-hydrogen) atoms. The summed E-state index contributed by atoms with van der Waals surface area (Å²) in [5, 5.41) is 4.20. The molecule has 0 fully saturated rings. The Bertz CT molecular complexity index is 714. The summed E-state index contributed by atoms with van der Waals surface area (Å²) in [6.45, 7) is 5.58. The van der Waals surface area contributed by atoms with Gasteiger partial charge >= 0.3 is 5.97 Å². The zero-order valence-electron chi connectivity index (χ0n) is 12.6. The number of benzene rings is 1. The van der Waals surface area contributed by atoms with Crippen LogP contribution in [0.4, 0.5) is 0 Å². The highest BCUT2D eigenvalue weighted by Gasteiger charge is 2.20. The molecule has 0 unspecified atom stereocenters. The Morgan fingerprint density at radius 3 is 2.55 bits per heavy atom. The van der Waals surface area contributed by atoms with Crippen molar-refractivity contribution in [3.05, 3.63) is 58.1 Å². The molecular formula is C17H16ClNO3. The Kier molecular flexibility index (Phi) is 4.93. The Labute approximate surface area is 134 Å². The summed E-state index contributed by atoms with van der Waals surface area (Å²) >= 11 is 5.94. The highest BCUT2D eigenvalue weighted by atomic mass is 35.5. The number of carbonyl (C=O) groups is 2. The van der Waals surface area contributed by atoms with Crippen LogP contribution in [0.25, 0.3) is 0 Å². The summed E-state index contributed by atoms with van der Waals surface area (Å²) in [6.07, 6.45) is 3.15. The predicted octanol–water partition coefficient (Wildman–Crippen LogP) is 3.96. The highest BCUT2D eigenvalue weighted by Crippen LogP contribution is 2.21. The lowest BCUT2D eigenvalue weighted by Gasteiger charge is -2.15. The lowest BCUT2D eigenvalue weighted by Crippen LogP contribution is -2.16. The van der Waals surface area contributed by atoms with E-state index in [4.69, 9.17) is 16.4 Å². The first-order valence-corrected chi connectivity index (χ1v) is 7.26. The molecule has 1 aromatic rings. The largest absolute Gasteiger partial charge is 0.367 e. The molecule has 0 saturated carbocycles. The van der Waals surface area contributed by atoms with E-state index in [2.05, 4.69) is 5.16 Å². The van der Waals surface area contributed by atoms with Gasteiger partial charge in [-0.3, -0.25) is 4.79 Å². The first-order valence-electron chi connectivity index (χ1n) is 6.88. The van der Waals surface area contributed by atoms with Crippen molar-refractivity contribution in [3.63, 3.8) is 0 Å². The van der Waals surface area contributed by atoms with Crippen LogP contribution in [0.2, 0.25) is 5.02 Å². The average Bonchev–Trinajstić information content (AvgIpc) is 2.48. The molecule has 0 saturated heterocycles. The van der Waals surface area contributed by atoms with Crippen LogP contribution in [0.5, 0.6) is 0 Å². The number of allylic oxidation sites excluding steroid dienone is 4. The minimum atomic E-state index is -0.635. The number of carbonyl (C=O) groups excluding carboxylic acids is 2. The molecule has 0 aromatic heterocycles. The van der Waals surface area contributed by atoms with Crippen LogP contribution in [0.3, 0.4) is 0 Å². The van der Waals surface area contributed by atoms with Crippen LogP contribution in [-0.4, -0.2) is 17.5 Å². The standard InChI is InChI=1S/C17H16ClNO3/c1-10(2)13-9-16(20)11(3)8-15(13)19-22-17(21)12-6-4-5-7-14(12)18/h4-10H,1-3H3/b19-15+. The van der Waals surface area contributed by atoms with E-state index in [9.17, 15) is 9.59 Å². The zero-order valence-corrected chi connectivity index (χ0v) is 13.3. The first kappa shape index (κ1) is 16.2. The molecular weight excluding hydrogens is 302 g/mol. The highest BCUT2D eigenvalue weighted by molar-refractivity contribution is 6.33. The molecule has 0 atom stereocenters. The molecule has 1 aliphatic rings. The number of hydrogen-bond donors (Lipinski definition) is 0. The molecule has 1 aromatic carbocycles. The van der Waals surface area contributed by atoms with E-state index < -0.39 is 5.97 Å². The first-order chi connectivity index (χ1) is 10.4. The van der Waals surface area contributed by atoms with Crippen molar-refractivity contribution < 1.29 is 14.4 Å². The Hall–Kier alpha value is -2.20. The van der Waals surface area contributed by atoms with Crippen molar-refractivity contribution in [2.45, 2.75) is 20.8 Å². The van der Waals surface area contributed by atoms with Crippen molar-refractivity contribution in [1.82, 2.24) is 0 Å². The van der Waals surface area contributed by atoms with Crippen LogP contribution in [0, 0.1) is 5.92 Å². The van der Waals surface area contributed by atoms with E-state index >= 15 is 0 Å². The lowest BCUT2D eigenvalue weighted by molar-refractivity contribution is -0.111. The number of nitrogens with zero attached hydrogens (tertiary/aromatic N) is 1. The molecule has 0 heterocycles. The van der Waals surface area contributed by atoms with Crippen molar-refractivity contribution in [2.24, 2.45) is 11.1 Å². The molecule has 4 nitrogen and oxygen atoms in total. The van der Waals surface area contributed by atoms with Crippen molar-refractivity contribution in [1.29, 1.82) is 0 Å². The van der Waals surface area contributed by atoms with Gasteiger partial charge in [0.2, 0.25) is 0 Å². The minimum absolute atomic E-state index is 0.0555. The molecule has 114 valence electrons. The molecule has 0 amide bonds. The Morgan fingerprint density at radius 2 is 1.91 bits per heavy atom. The summed E-state index contributed by atoms with van der Waals surface area (Å²) in [4.78, 5) is 28.7. The van der Waals surface area contributed by atoms with Gasteiger partial charge in [-0.15, -0.1) is 0 Å². The number of halogens is 1. The van der Waals surface area contributed by atoms with Gasteiger partial charge in [-0.1, -0.05) is 42.7 Å². The fraction of sp³-hybridized carbons (Fsp3) is 0.235. The third-order valence-electron chi connectivity index (χ3n) is 3.27. The fourth-order valence-corrected chi connectivity index (χ4v) is 2.21. The van der Waals surface area contributed by atoms with Crippen LogP contribution in [-0.2, 0) is 9.63 Å². The zero-order chi connectivity index (χ0) is 16.3. The summed E-state index contributed by atoms with van der Waals surface area (Å²) in [5.74, 6) is -0.602. The van der Waals surface area contributed by atoms with Gasteiger partial charge in [0, 0.05) is 0 Å². The second-order valence-corrected chi connectivity index (χ2v) is 5.69. The molecule has 0 N–H and O–H groups in total. The predicted molar refractivity (Wildman–Crippen MR) is 86.0 cm³/mol. The van der Waals surface area contributed by atoms with Gasteiger partial charge in [-0.2, -0.15) is 0 Å². The monoisotopic (exact) mass is 317 g/mol. The van der Waals surface area contributed by atoms with E-state index in [-0.39, 0.29) is 17.3 Å². The van der Waals surface area contributed by atoms with Gasteiger partial charge in [0.1, 0.15) is 5.71 Å². The van der Waals surface area contributed by atoms with Gasteiger partial charge in [0.25, 0.3) is 0 Å². The number of rotatable bonds is 3. The van der Waals surface area contributed by atoms with Gasteiger partial charge in [0.15, 0.2) is 5.78 Å². The van der Waals surface area contributed by atoms with Gasteiger partial charge < -0.3 is 4.84 Å². The number of ketones is 1. The maximum Gasteiger partial charge on any atom is 0.367 e. The number of hydrogen-bond acceptors (Lipinski definition) is 4. The SMILES string of the molecule is CC1=C/C(=N\OC(=O)c2ccccc2Cl)C(C(C)C)=CC1=O. The molecule has 1 aliphatic carbocycles.